The van der Waals surface area contributed by atoms with Crippen molar-refractivity contribution in [3.63, 3.8) is 0 Å². The highest BCUT2D eigenvalue weighted by Crippen LogP contribution is 2.39. The standard InChI is InChI=1S/C40H36ClN3O6S/c1-25-20-33(36(50-4)24-32(25)41)43-40(47)37(26-12-7-5-8-13-26)51-31-17-11-16-29(22-31)42-39(46)34(44-38(45)27-14-9-6-10-15-27)21-28-18-19-30(48-2)23-35(28)49-3/h5-24,37H,1-4H3,(H,42,46)(H,43,47)(H,44,45)/b34-21+. The number of thioether (sulfide) groups is 1. The van der Waals surface area contributed by atoms with Gasteiger partial charge in [-0.25, -0.2) is 0 Å². The molecule has 5 aromatic rings. The second kappa shape index (κ2) is 17.3. The van der Waals surface area contributed by atoms with Crippen molar-refractivity contribution >= 4 is 58.5 Å². The first-order valence-electron chi connectivity index (χ1n) is 15.8. The molecule has 0 saturated carbocycles. The molecule has 0 spiro atoms. The lowest BCUT2D eigenvalue weighted by Crippen LogP contribution is -2.30. The number of hydrogen-bond donors (Lipinski definition) is 3. The molecule has 0 aliphatic carbocycles. The van der Waals surface area contributed by atoms with Crippen LogP contribution in [0.3, 0.4) is 0 Å². The second-order valence-electron chi connectivity index (χ2n) is 11.2. The van der Waals surface area contributed by atoms with E-state index in [1.54, 1.807) is 86.0 Å². The van der Waals surface area contributed by atoms with Gasteiger partial charge in [0, 0.05) is 38.9 Å². The van der Waals surface area contributed by atoms with Gasteiger partial charge in [0.2, 0.25) is 5.91 Å². The summed E-state index contributed by atoms with van der Waals surface area (Å²) in [5.41, 5.74) is 3.43. The molecule has 0 radical (unpaired) electrons. The van der Waals surface area contributed by atoms with Crippen LogP contribution in [0.15, 0.2) is 126 Å². The molecule has 5 rings (SSSR count). The Labute approximate surface area is 306 Å². The van der Waals surface area contributed by atoms with E-state index in [-0.39, 0.29) is 11.6 Å². The first-order chi connectivity index (χ1) is 24.7. The summed E-state index contributed by atoms with van der Waals surface area (Å²) < 4.78 is 16.3. The van der Waals surface area contributed by atoms with Gasteiger partial charge in [0.05, 0.1) is 27.0 Å². The highest BCUT2D eigenvalue weighted by atomic mass is 35.5. The third-order valence-electron chi connectivity index (χ3n) is 7.69. The number of methoxy groups -OCH3 is 3. The van der Waals surface area contributed by atoms with Crippen LogP contribution in [0, 0.1) is 6.92 Å². The summed E-state index contributed by atoms with van der Waals surface area (Å²) in [5.74, 6) is 0.157. The molecular formula is C40H36ClN3O6S. The number of halogens is 1. The summed E-state index contributed by atoms with van der Waals surface area (Å²) in [6, 6.07) is 33.7. The lowest BCUT2D eigenvalue weighted by atomic mass is 10.1. The Morgan fingerprint density at radius 3 is 2.14 bits per heavy atom. The average Bonchev–Trinajstić information content (AvgIpc) is 3.15. The van der Waals surface area contributed by atoms with Crippen LogP contribution >= 0.6 is 23.4 Å². The SMILES string of the molecule is COc1ccc(/C=C(/NC(=O)c2ccccc2)C(=O)Nc2cccc(SC(C(=O)Nc3cc(C)c(Cl)cc3OC)c3ccccc3)c2)c(OC)c1. The molecule has 0 bridgehead atoms. The van der Waals surface area contributed by atoms with Gasteiger partial charge in [0.25, 0.3) is 11.8 Å². The van der Waals surface area contributed by atoms with E-state index in [1.807, 2.05) is 43.3 Å². The van der Waals surface area contributed by atoms with Gasteiger partial charge >= 0.3 is 0 Å². The van der Waals surface area contributed by atoms with Crippen molar-refractivity contribution in [3.05, 3.63) is 148 Å². The van der Waals surface area contributed by atoms with Gasteiger partial charge in [0.1, 0.15) is 28.2 Å². The van der Waals surface area contributed by atoms with Crippen LogP contribution in [0.1, 0.15) is 32.3 Å². The second-order valence-corrected chi connectivity index (χ2v) is 12.8. The largest absolute Gasteiger partial charge is 0.497 e. The molecule has 260 valence electrons. The number of benzene rings is 5. The van der Waals surface area contributed by atoms with Crippen molar-refractivity contribution in [3.8, 4) is 17.2 Å². The molecule has 0 saturated heterocycles. The molecule has 0 aliphatic heterocycles. The fourth-order valence-electron chi connectivity index (χ4n) is 5.05. The van der Waals surface area contributed by atoms with Crippen LogP contribution < -0.4 is 30.2 Å². The summed E-state index contributed by atoms with van der Waals surface area (Å²) in [5, 5.41) is 8.51. The molecule has 11 heteroatoms. The van der Waals surface area contributed by atoms with E-state index >= 15 is 0 Å². The van der Waals surface area contributed by atoms with E-state index in [9.17, 15) is 14.4 Å². The molecule has 51 heavy (non-hydrogen) atoms. The van der Waals surface area contributed by atoms with Crippen molar-refractivity contribution < 1.29 is 28.6 Å². The van der Waals surface area contributed by atoms with E-state index in [0.717, 1.165) is 11.1 Å². The van der Waals surface area contributed by atoms with Gasteiger partial charge in [-0.1, -0.05) is 66.2 Å². The maximum Gasteiger partial charge on any atom is 0.272 e. The number of carbonyl (C=O) groups is 3. The smallest absolute Gasteiger partial charge is 0.272 e. The number of hydrogen-bond acceptors (Lipinski definition) is 7. The number of aryl methyl sites for hydroxylation is 1. The normalized spacial score (nSPS) is 11.6. The Morgan fingerprint density at radius 1 is 0.745 bits per heavy atom. The average molecular weight is 722 g/mol. The Bertz CT molecular complexity index is 2060. The lowest BCUT2D eigenvalue weighted by molar-refractivity contribution is -0.116. The summed E-state index contributed by atoms with van der Waals surface area (Å²) in [7, 11) is 4.57. The fraction of sp³-hybridized carbons (Fsp3) is 0.125. The van der Waals surface area contributed by atoms with E-state index in [0.29, 0.717) is 49.7 Å². The molecule has 1 unspecified atom stereocenters. The van der Waals surface area contributed by atoms with Gasteiger partial charge in [-0.15, -0.1) is 11.8 Å². The van der Waals surface area contributed by atoms with Crippen molar-refractivity contribution in [2.75, 3.05) is 32.0 Å². The Kier molecular flexibility index (Phi) is 12.4. The molecule has 5 aromatic carbocycles. The quantitative estimate of drug-likeness (QED) is 0.0825. The van der Waals surface area contributed by atoms with Gasteiger partial charge in [-0.05, 0) is 72.7 Å². The molecule has 3 amide bonds. The maximum atomic E-state index is 13.9. The predicted molar refractivity (Wildman–Crippen MR) is 203 cm³/mol. The molecule has 9 nitrogen and oxygen atoms in total. The molecule has 0 heterocycles. The van der Waals surface area contributed by atoms with Crippen LogP contribution in [0.5, 0.6) is 17.2 Å². The maximum absolute atomic E-state index is 13.9. The molecular weight excluding hydrogens is 686 g/mol. The van der Waals surface area contributed by atoms with Crippen LogP contribution in [0.2, 0.25) is 5.02 Å². The number of carbonyl (C=O) groups excluding carboxylic acids is 3. The molecule has 0 fully saturated rings. The van der Waals surface area contributed by atoms with Crippen LogP contribution in [-0.2, 0) is 9.59 Å². The number of rotatable bonds is 13. The third-order valence-corrected chi connectivity index (χ3v) is 9.35. The fourth-order valence-corrected chi connectivity index (χ4v) is 6.28. The third kappa shape index (κ3) is 9.50. The predicted octanol–water partition coefficient (Wildman–Crippen LogP) is 8.56. The van der Waals surface area contributed by atoms with E-state index < -0.39 is 17.1 Å². The number of ether oxygens (including phenoxy) is 3. The van der Waals surface area contributed by atoms with E-state index in [1.165, 1.54) is 32.1 Å². The zero-order valence-corrected chi connectivity index (χ0v) is 29.9. The van der Waals surface area contributed by atoms with Gasteiger partial charge in [-0.2, -0.15) is 0 Å². The monoisotopic (exact) mass is 721 g/mol. The first kappa shape index (κ1) is 36.6. The topological polar surface area (TPSA) is 115 Å². The molecule has 3 N–H and O–H groups in total. The van der Waals surface area contributed by atoms with Crippen molar-refractivity contribution in [2.24, 2.45) is 0 Å². The highest BCUT2D eigenvalue weighted by molar-refractivity contribution is 8.00. The minimum Gasteiger partial charge on any atom is -0.497 e. The molecule has 1 atom stereocenters. The van der Waals surface area contributed by atoms with E-state index in [4.69, 9.17) is 25.8 Å². The Hall–Kier alpha value is -5.71. The number of amides is 3. The lowest BCUT2D eigenvalue weighted by Gasteiger charge is -2.19. The molecule has 0 aromatic heterocycles. The highest BCUT2D eigenvalue weighted by Gasteiger charge is 2.24. The summed E-state index contributed by atoms with van der Waals surface area (Å²) in [6.45, 7) is 1.85. The van der Waals surface area contributed by atoms with E-state index in [2.05, 4.69) is 16.0 Å². The molecule has 0 aliphatic rings. The van der Waals surface area contributed by atoms with Gasteiger partial charge < -0.3 is 30.2 Å². The van der Waals surface area contributed by atoms with Crippen LogP contribution in [0.25, 0.3) is 6.08 Å². The van der Waals surface area contributed by atoms with Gasteiger partial charge in [-0.3, -0.25) is 14.4 Å². The summed E-state index contributed by atoms with van der Waals surface area (Å²) in [6.07, 6.45) is 1.54. The van der Waals surface area contributed by atoms with Crippen molar-refractivity contribution in [2.45, 2.75) is 17.1 Å². The number of nitrogens with one attached hydrogen (secondary N) is 3. The minimum absolute atomic E-state index is 0.0147. The Morgan fingerprint density at radius 2 is 1.45 bits per heavy atom. The zero-order chi connectivity index (χ0) is 36.3. The van der Waals surface area contributed by atoms with Crippen LogP contribution in [-0.4, -0.2) is 39.1 Å². The van der Waals surface area contributed by atoms with Crippen LogP contribution in [0.4, 0.5) is 11.4 Å². The summed E-state index contributed by atoms with van der Waals surface area (Å²) in [4.78, 5) is 41.6. The van der Waals surface area contributed by atoms with Gasteiger partial charge in [0.15, 0.2) is 0 Å². The number of anilines is 2. The summed E-state index contributed by atoms with van der Waals surface area (Å²) >= 11 is 7.61. The minimum atomic E-state index is -0.666. The zero-order valence-electron chi connectivity index (χ0n) is 28.4. The Balaban J connectivity index is 1.42. The van der Waals surface area contributed by atoms with Crippen molar-refractivity contribution in [1.29, 1.82) is 0 Å². The van der Waals surface area contributed by atoms with Crippen molar-refractivity contribution in [1.82, 2.24) is 5.32 Å². The first-order valence-corrected chi connectivity index (χ1v) is 17.0.